The van der Waals surface area contributed by atoms with Crippen molar-refractivity contribution in [3.63, 3.8) is 0 Å². The molecule has 1 aromatic rings. The Bertz CT molecular complexity index is 438. The van der Waals surface area contributed by atoms with Crippen molar-refractivity contribution in [1.82, 2.24) is 5.32 Å². The zero-order valence-corrected chi connectivity index (χ0v) is 10.2. The molecule has 5 nitrogen and oxygen atoms in total. The van der Waals surface area contributed by atoms with Gasteiger partial charge in [-0.3, -0.25) is 10.1 Å². The Morgan fingerprint density at radius 2 is 1.89 bits per heavy atom. The fourth-order valence-corrected chi connectivity index (χ4v) is 1.64. The number of ether oxygens (including phenoxy) is 1. The maximum atomic E-state index is 11.5. The maximum Gasteiger partial charge on any atom is 0.411 e. The van der Waals surface area contributed by atoms with Crippen LogP contribution >= 0.6 is 0 Å². The summed E-state index contributed by atoms with van der Waals surface area (Å²) in [5.41, 5.74) is 1.17. The first-order chi connectivity index (χ1) is 8.69. The first-order valence-corrected chi connectivity index (χ1v) is 5.99. The highest BCUT2D eigenvalue weighted by atomic mass is 16.6. The quantitative estimate of drug-likeness (QED) is 0.861. The van der Waals surface area contributed by atoms with Crippen molar-refractivity contribution in [1.29, 1.82) is 0 Å². The van der Waals surface area contributed by atoms with Crippen molar-refractivity contribution in [2.24, 2.45) is 0 Å². The van der Waals surface area contributed by atoms with Crippen molar-refractivity contribution < 1.29 is 14.3 Å². The monoisotopic (exact) mass is 248 g/mol. The Hall–Kier alpha value is -2.04. The van der Waals surface area contributed by atoms with Gasteiger partial charge in [0.2, 0.25) is 0 Å². The highest BCUT2D eigenvalue weighted by molar-refractivity contribution is 5.94. The highest BCUT2D eigenvalue weighted by Crippen LogP contribution is 2.22. The van der Waals surface area contributed by atoms with E-state index in [-0.39, 0.29) is 12.0 Å². The molecule has 0 spiro atoms. The number of carbonyl (C=O) groups excluding carboxylic acids is 2. The van der Waals surface area contributed by atoms with Gasteiger partial charge in [0.1, 0.15) is 6.10 Å². The van der Waals surface area contributed by atoms with Crippen molar-refractivity contribution in [2.45, 2.75) is 25.4 Å². The third-order valence-electron chi connectivity index (χ3n) is 2.95. The molecule has 0 heterocycles. The predicted molar refractivity (Wildman–Crippen MR) is 67.6 cm³/mol. The number of hydrogen-bond acceptors (Lipinski definition) is 3. The van der Waals surface area contributed by atoms with E-state index in [1.54, 1.807) is 31.3 Å². The van der Waals surface area contributed by atoms with Gasteiger partial charge in [-0.25, -0.2) is 4.79 Å². The van der Waals surface area contributed by atoms with Crippen LogP contribution in [0.5, 0.6) is 0 Å². The van der Waals surface area contributed by atoms with Crippen LogP contribution in [0.3, 0.4) is 0 Å². The van der Waals surface area contributed by atoms with Crippen molar-refractivity contribution in [3.05, 3.63) is 29.8 Å². The lowest BCUT2D eigenvalue weighted by molar-refractivity contribution is 0.0624. The predicted octanol–water partition coefficient (Wildman–Crippen LogP) is 2.15. The van der Waals surface area contributed by atoms with E-state index >= 15 is 0 Å². The third kappa shape index (κ3) is 3.00. The molecule has 1 aromatic carbocycles. The Labute approximate surface area is 106 Å². The van der Waals surface area contributed by atoms with E-state index in [4.69, 9.17) is 4.74 Å². The molecule has 1 aliphatic carbocycles. The molecule has 0 bridgehead atoms. The lowest BCUT2D eigenvalue weighted by atomic mass is 9.96. The van der Waals surface area contributed by atoms with Gasteiger partial charge < -0.3 is 10.1 Å². The molecule has 2 N–H and O–H groups in total. The molecule has 0 aromatic heterocycles. The lowest BCUT2D eigenvalue weighted by Gasteiger charge is -2.25. The molecule has 0 radical (unpaired) electrons. The summed E-state index contributed by atoms with van der Waals surface area (Å²) in [5, 5.41) is 5.16. The molecule has 96 valence electrons. The number of hydrogen-bond donors (Lipinski definition) is 2. The van der Waals surface area contributed by atoms with Crippen molar-refractivity contribution in [3.8, 4) is 0 Å². The van der Waals surface area contributed by atoms with Gasteiger partial charge in [0.05, 0.1) is 0 Å². The average Bonchev–Trinajstić information content (AvgIpc) is 2.34. The largest absolute Gasteiger partial charge is 0.446 e. The van der Waals surface area contributed by atoms with Crippen molar-refractivity contribution >= 4 is 17.7 Å². The molecular formula is C13H16N2O3. The zero-order chi connectivity index (χ0) is 13.0. The van der Waals surface area contributed by atoms with E-state index in [1.807, 2.05) is 0 Å². The summed E-state index contributed by atoms with van der Waals surface area (Å²) >= 11 is 0. The topological polar surface area (TPSA) is 67.4 Å². The van der Waals surface area contributed by atoms with E-state index in [9.17, 15) is 9.59 Å². The minimum atomic E-state index is -0.438. The van der Waals surface area contributed by atoms with Gasteiger partial charge >= 0.3 is 6.09 Å². The number of anilines is 1. The molecule has 0 atom stereocenters. The number of rotatable bonds is 3. The van der Waals surface area contributed by atoms with Gasteiger partial charge in [0, 0.05) is 18.3 Å². The van der Waals surface area contributed by atoms with Gasteiger partial charge in [-0.1, -0.05) is 0 Å². The summed E-state index contributed by atoms with van der Waals surface area (Å²) < 4.78 is 5.16. The number of nitrogens with one attached hydrogen (secondary N) is 2. The van der Waals surface area contributed by atoms with E-state index in [0.717, 1.165) is 19.3 Å². The Balaban J connectivity index is 1.89. The first-order valence-electron chi connectivity index (χ1n) is 5.99. The summed E-state index contributed by atoms with van der Waals surface area (Å²) in [6, 6.07) is 6.65. The molecule has 1 fully saturated rings. The standard InChI is InChI=1S/C13H16N2O3/c1-14-12(16)9-5-7-10(8-6-9)15-13(17)18-11-3-2-4-11/h5-8,11H,2-4H2,1H3,(H,14,16)(H,15,17). The van der Waals surface area contributed by atoms with Gasteiger partial charge in [0.15, 0.2) is 0 Å². The molecule has 2 amide bonds. The Kier molecular flexibility index (Phi) is 3.82. The molecular weight excluding hydrogens is 232 g/mol. The van der Waals surface area contributed by atoms with Crippen LogP contribution in [0.1, 0.15) is 29.6 Å². The summed E-state index contributed by atoms with van der Waals surface area (Å²) in [5.74, 6) is -0.154. The van der Waals surface area contributed by atoms with Crippen LogP contribution in [0, 0.1) is 0 Å². The average molecular weight is 248 g/mol. The molecule has 2 rings (SSSR count). The zero-order valence-electron chi connectivity index (χ0n) is 10.2. The Morgan fingerprint density at radius 1 is 1.22 bits per heavy atom. The van der Waals surface area contributed by atoms with E-state index in [0.29, 0.717) is 11.3 Å². The molecule has 18 heavy (non-hydrogen) atoms. The van der Waals surface area contributed by atoms with Crippen LogP contribution in [0.25, 0.3) is 0 Å². The fourth-order valence-electron chi connectivity index (χ4n) is 1.64. The molecule has 5 heteroatoms. The van der Waals surface area contributed by atoms with Crippen LogP contribution < -0.4 is 10.6 Å². The SMILES string of the molecule is CNC(=O)c1ccc(NC(=O)OC2CCC2)cc1. The normalized spacial score (nSPS) is 14.5. The van der Waals surface area contributed by atoms with Gasteiger partial charge in [-0.2, -0.15) is 0 Å². The lowest BCUT2D eigenvalue weighted by Crippen LogP contribution is -2.27. The van der Waals surface area contributed by atoms with Crippen molar-refractivity contribution in [2.75, 3.05) is 12.4 Å². The van der Waals surface area contributed by atoms with E-state index in [2.05, 4.69) is 10.6 Å². The fraction of sp³-hybridized carbons (Fsp3) is 0.385. The second kappa shape index (κ2) is 5.53. The maximum absolute atomic E-state index is 11.5. The molecule has 0 saturated heterocycles. The van der Waals surface area contributed by atoms with Crippen LogP contribution in [-0.4, -0.2) is 25.2 Å². The summed E-state index contributed by atoms with van der Waals surface area (Å²) in [6.45, 7) is 0. The molecule has 0 unspecified atom stereocenters. The minimum absolute atomic E-state index is 0.0649. The summed E-state index contributed by atoms with van der Waals surface area (Å²) in [4.78, 5) is 22.8. The van der Waals surface area contributed by atoms with Gasteiger partial charge in [-0.05, 0) is 43.5 Å². The first kappa shape index (κ1) is 12.4. The molecule has 1 saturated carbocycles. The van der Waals surface area contributed by atoms with E-state index in [1.165, 1.54) is 0 Å². The van der Waals surface area contributed by atoms with Crippen LogP contribution in [0.15, 0.2) is 24.3 Å². The highest BCUT2D eigenvalue weighted by Gasteiger charge is 2.21. The minimum Gasteiger partial charge on any atom is -0.446 e. The number of carbonyl (C=O) groups is 2. The summed E-state index contributed by atoms with van der Waals surface area (Å²) in [6.07, 6.45) is 2.65. The van der Waals surface area contributed by atoms with Crippen LogP contribution in [-0.2, 0) is 4.74 Å². The number of amides is 2. The molecule has 1 aliphatic rings. The summed E-state index contributed by atoms with van der Waals surface area (Å²) in [7, 11) is 1.57. The van der Waals surface area contributed by atoms with Gasteiger partial charge in [-0.15, -0.1) is 0 Å². The Morgan fingerprint density at radius 3 is 2.39 bits per heavy atom. The second-order valence-electron chi connectivity index (χ2n) is 4.24. The van der Waals surface area contributed by atoms with E-state index < -0.39 is 6.09 Å². The molecule has 0 aliphatic heterocycles. The third-order valence-corrected chi connectivity index (χ3v) is 2.95. The van der Waals surface area contributed by atoms with Crippen LogP contribution in [0.2, 0.25) is 0 Å². The second-order valence-corrected chi connectivity index (χ2v) is 4.24. The van der Waals surface area contributed by atoms with Gasteiger partial charge in [0.25, 0.3) is 5.91 Å². The number of benzene rings is 1. The smallest absolute Gasteiger partial charge is 0.411 e. The van der Waals surface area contributed by atoms with Crippen LogP contribution in [0.4, 0.5) is 10.5 Å².